The highest BCUT2D eigenvalue weighted by Crippen LogP contribution is 2.22. The number of aromatic nitrogens is 1. The Morgan fingerprint density at radius 2 is 2.14 bits per heavy atom. The number of carbonyl (C=O) groups is 1. The van der Waals surface area contributed by atoms with Gasteiger partial charge in [0.2, 0.25) is 0 Å². The summed E-state index contributed by atoms with van der Waals surface area (Å²) in [4.78, 5) is 14.1. The number of nitrogens with zero attached hydrogens (tertiary/aromatic N) is 1. The molecule has 1 aromatic rings. The first kappa shape index (κ1) is 11.3. The van der Waals surface area contributed by atoms with E-state index in [1.807, 2.05) is 0 Å². The summed E-state index contributed by atoms with van der Waals surface area (Å²) in [5, 5.41) is -0.868. The van der Waals surface area contributed by atoms with Crippen LogP contribution in [0.4, 0.5) is 8.78 Å². The number of pyridine rings is 1. The first-order valence-electron chi connectivity index (χ1n) is 3.60. The zero-order valence-electron chi connectivity index (χ0n) is 6.81. The van der Waals surface area contributed by atoms with E-state index in [1.165, 1.54) is 12.1 Å². The van der Waals surface area contributed by atoms with Crippen LogP contribution in [-0.4, -0.2) is 10.2 Å². The Kier molecular flexibility index (Phi) is 3.77. The second-order valence-electron chi connectivity index (χ2n) is 2.45. The molecule has 0 amide bonds. The molecule has 0 fully saturated rings. The fraction of sp³-hybridized carbons (Fsp3) is 0.250. The Balaban J connectivity index is 3.20. The van der Waals surface area contributed by atoms with Crippen LogP contribution in [0.3, 0.4) is 0 Å². The fourth-order valence-electron chi connectivity index (χ4n) is 0.915. The minimum atomic E-state index is -2.76. The van der Waals surface area contributed by atoms with Gasteiger partial charge in [-0.05, 0) is 23.2 Å². The molecule has 0 saturated heterocycles. The van der Waals surface area contributed by atoms with Crippen molar-refractivity contribution in [1.82, 2.24) is 4.98 Å². The van der Waals surface area contributed by atoms with Crippen LogP contribution in [-0.2, 0) is 5.88 Å². The predicted octanol–water partition coefficient (Wildman–Crippen LogP) is 3.14. The summed E-state index contributed by atoms with van der Waals surface area (Å²) >= 11 is 10.5. The number of carbonyl (C=O) groups excluding carboxylic acids is 1. The quantitative estimate of drug-likeness (QED) is 0.600. The van der Waals surface area contributed by atoms with Gasteiger partial charge in [0.25, 0.3) is 11.7 Å². The Morgan fingerprint density at radius 1 is 1.50 bits per heavy atom. The van der Waals surface area contributed by atoms with Crippen LogP contribution < -0.4 is 0 Å². The van der Waals surface area contributed by atoms with Crippen molar-refractivity contribution in [3.63, 3.8) is 0 Å². The summed E-state index contributed by atoms with van der Waals surface area (Å²) in [7, 11) is 0. The Labute approximate surface area is 88.8 Å². The van der Waals surface area contributed by atoms with Crippen molar-refractivity contribution in [2.45, 2.75) is 12.3 Å². The molecule has 0 aliphatic carbocycles. The molecule has 0 saturated carbocycles. The largest absolute Gasteiger partial charge is 0.280 e. The molecule has 1 aromatic heterocycles. The molecular weight excluding hydrogens is 235 g/mol. The van der Waals surface area contributed by atoms with Crippen molar-refractivity contribution in [2.75, 3.05) is 0 Å². The first-order chi connectivity index (χ1) is 6.56. The van der Waals surface area contributed by atoms with E-state index in [-0.39, 0.29) is 17.1 Å². The highest BCUT2D eigenvalue weighted by Gasteiger charge is 2.16. The van der Waals surface area contributed by atoms with Gasteiger partial charge in [-0.3, -0.25) is 4.79 Å². The van der Waals surface area contributed by atoms with E-state index < -0.39 is 17.4 Å². The smallest absolute Gasteiger partial charge is 0.274 e. The van der Waals surface area contributed by atoms with Crippen molar-refractivity contribution >= 4 is 28.4 Å². The molecule has 0 bridgehead atoms. The molecule has 14 heavy (non-hydrogen) atoms. The minimum absolute atomic E-state index is 0.0799. The summed E-state index contributed by atoms with van der Waals surface area (Å²) in [6, 6.07) is 2.58. The van der Waals surface area contributed by atoms with E-state index in [1.54, 1.807) is 0 Å². The van der Waals surface area contributed by atoms with E-state index in [4.69, 9.17) is 23.2 Å². The normalized spacial score (nSPS) is 10.6. The van der Waals surface area contributed by atoms with E-state index in [0.29, 0.717) is 0 Å². The topological polar surface area (TPSA) is 30.0 Å². The van der Waals surface area contributed by atoms with Crippen molar-refractivity contribution in [3.8, 4) is 0 Å². The number of hydrogen-bond donors (Lipinski definition) is 0. The molecule has 0 radical (unpaired) electrons. The van der Waals surface area contributed by atoms with Crippen molar-refractivity contribution in [1.29, 1.82) is 0 Å². The third-order valence-corrected chi connectivity index (χ3v) is 2.05. The molecule has 0 aliphatic rings. The molecule has 0 unspecified atom stereocenters. The second-order valence-corrected chi connectivity index (χ2v) is 3.06. The minimum Gasteiger partial charge on any atom is -0.274 e. The van der Waals surface area contributed by atoms with Gasteiger partial charge in [0.15, 0.2) is 0 Å². The molecule has 6 heteroatoms. The van der Waals surface area contributed by atoms with Gasteiger partial charge in [0.05, 0.1) is 0 Å². The van der Waals surface area contributed by atoms with Gasteiger partial charge >= 0.3 is 0 Å². The monoisotopic (exact) mass is 239 g/mol. The molecule has 1 heterocycles. The molecule has 0 spiro atoms. The van der Waals surface area contributed by atoms with E-state index in [2.05, 4.69) is 4.98 Å². The standard InChI is InChI=1S/C8H5Cl2F2NO/c9-3-4-1-2-5(7(10)14)13-6(4)8(11)12/h1-2,8H,3H2. The number of rotatable bonds is 3. The molecule has 1 rings (SSSR count). The SMILES string of the molecule is O=C(Cl)c1ccc(CCl)c(C(F)F)n1. The number of halogens is 4. The maximum atomic E-state index is 12.4. The van der Waals surface area contributed by atoms with E-state index >= 15 is 0 Å². The number of alkyl halides is 3. The van der Waals surface area contributed by atoms with Gasteiger partial charge in [-0.1, -0.05) is 6.07 Å². The summed E-state index contributed by atoms with van der Waals surface area (Å²) < 4.78 is 24.8. The van der Waals surface area contributed by atoms with Gasteiger partial charge in [-0.25, -0.2) is 13.8 Å². The molecule has 2 nitrogen and oxygen atoms in total. The highest BCUT2D eigenvalue weighted by atomic mass is 35.5. The van der Waals surface area contributed by atoms with E-state index in [0.717, 1.165) is 0 Å². The summed E-state index contributed by atoms with van der Waals surface area (Å²) in [6.45, 7) is 0. The lowest BCUT2D eigenvalue weighted by molar-refractivity contribution is 0.107. The highest BCUT2D eigenvalue weighted by molar-refractivity contribution is 6.67. The summed E-state index contributed by atoms with van der Waals surface area (Å²) in [6.07, 6.45) is -2.76. The molecule has 0 aliphatic heterocycles. The zero-order chi connectivity index (χ0) is 10.7. The molecule has 0 aromatic carbocycles. The molecule has 76 valence electrons. The van der Waals surface area contributed by atoms with Crippen molar-refractivity contribution in [2.24, 2.45) is 0 Å². The van der Waals surface area contributed by atoms with Crippen LogP contribution in [0.2, 0.25) is 0 Å². The maximum Gasteiger partial charge on any atom is 0.280 e. The van der Waals surface area contributed by atoms with Crippen LogP contribution in [0, 0.1) is 0 Å². The molecule has 0 N–H and O–H groups in total. The maximum absolute atomic E-state index is 12.4. The van der Waals surface area contributed by atoms with E-state index in [9.17, 15) is 13.6 Å². The Bertz CT molecular complexity index is 357. The van der Waals surface area contributed by atoms with Gasteiger partial charge in [0.1, 0.15) is 11.4 Å². The average Bonchev–Trinajstić information content (AvgIpc) is 2.16. The third-order valence-electron chi connectivity index (χ3n) is 1.56. The van der Waals surface area contributed by atoms with Crippen LogP contribution in [0.5, 0.6) is 0 Å². The third kappa shape index (κ3) is 2.39. The lowest BCUT2D eigenvalue weighted by atomic mass is 10.2. The Hall–Kier alpha value is -0.740. The van der Waals surface area contributed by atoms with Crippen LogP contribution >= 0.6 is 23.2 Å². The van der Waals surface area contributed by atoms with Gasteiger partial charge in [-0.2, -0.15) is 0 Å². The lowest BCUT2D eigenvalue weighted by Crippen LogP contribution is -2.02. The average molecular weight is 240 g/mol. The van der Waals surface area contributed by atoms with Crippen molar-refractivity contribution < 1.29 is 13.6 Å². The predicted molar refractivity (Wildman–Crippen MR) is 48.9 cm³/mol. The number of hydrogen-bond acceptors (Lipinski definition) is 2. The summed E-state index contributed by atoms with van der Waals surface area (Å²) in [5.41, 5.74) is -0.495. The second kappa shape index (κ2) is 4.66. The summed E-state index contributed by atoms with van der Waals surface area (Å²) in [5.74, 6) is -0.0799. The van der Waals surface area contributed by atoms with Gasteiger partial charge in [0, 0.05) is 5.88 Å². The van der Waals surface area contributed by atoms with Crippen LogP contribution in [0.25, 0.3) is 0 Å². The fourth-order valence-corrected chi connectivity index (χ4v) is 1.25. The van der Waals surface area contributed by atoms with Gasteiger partial charge < -0.3 is 0 Å². The van der Waals surface area contributed by atoms with Crippen LogP contribution in [0.15, 0.2) is 12.1 Å². The zero-order valence-corrected chi connectivity index (χ0v) is 8.32. The Morgan fingerprint density at radius 3 is 2.57 bits per heavy atom. The van der Waals surface area contributed by atoms with Crippen molar-refractivity contribution in [3.05, 3.63) is 29.1 Å². The lowest BCUT2D eigenvalue weighted by Gasteiger charge is -2.05. The van der Waals surface area contributed by atoms with Crippen LogP contribution in [0.1, 0.15) is 28.2 Å². The first-order valence-corrected chi connectivity index (χ1v) is 4.51. The van der Waals surface area contributed by atoms with Gasteiger partial charge in [-0.15, -0.1) is 11.6 Å². The molecule has 0 atom stereocenters. The molecular formula is C8H5Cl2F2NO.